The highest BCUT2D eigenvalue weighted by atomic mass is 16.5. The normalized spacial score (nSPS) is 50.2. The van der Waals surface area contributed by atoms with Gasteiger partial charge in [0.25, 0.3) is 0 Å². The molecule has 0 aromatic rings. The summed E-state index contributed by atoms with van der Waals surface area (Å²) in [5.74, 6) is 2.05. The first-order valence-electron chi connectivity index (χ1n) is 14.4. The second kappa shape index (κ2) is 7.95. The summed E-state index contributed by atoms with van der Waals surface area (Å²) in [6, 6.07) is 0. The van der Waals surface area contributed by atoms with Gasteiger partial charge in [0.15, 0.2) is 0 Å². The highest BCUT2D eigenvalue weighted by Gasteiger charge is 2.69. The van der Waals surface area contributed by atoms with Gasteiger partial charge in [-0.3, -0.25) is 4.79 Å². The van der Waals surface area contributed by atoms with E-state index < -0.39 is 0 Å². The average Bonchev–Trinajstić information content (AvgIpc) is 3.16. The van der Waals surface area contributed by atoms with Crippen LogP contribution in [0.1, 0.15) is 106 Å². The summed E-state index contributed by atoms with van der Waals surface area (Å²) in [5.41, 5.74) is 3.75. The maximum absolute atomic E-state index is 11.9. The molecule has 5 aliphatic carbocycles. The zero-order chi connectivity index (χ0) is 25.6. The van der Waals surface area contributed by atoms with Crippen molar-refractivity contribution in [1.82, 2.24) is 0 Å². The Kier molecular flexibility index (Phi) is 5.81. The zero-order valence-electron chi connectivity index (χ0n) is 23.5. The van der Waals surface area contributed by atoms with Crippen molar-refractivity contribution in [2.45, 2.75) is 112 Å². The summed E-state index contributed by atoms with van der Waals surface area (Å²) in [5, 5.41) is 10.7. The van der Waals surface area contributed by atoms with E-state index in [1.54, 1.807) is 12.5 Å². The molecule has 196 valence electrons. The number of aliphatic hydroxyl groups is 1. The largest absolute Gasteiger partial charge is 0.462 e. The van der Waals surface area contributed by atoms with Crippen LogP contribution in [0.25, 0.3) is 0 Å². The number of carbonyl (C=O) groups excluding carboxylic acids is 1. The lowest BCUT2D eigenvalue weighted by Gasteiger charge is -2.70. The Morgan fingerprint density at radius 2 is 1.71 bits per heavy atom. The monoisotopic (exact) mass is 482 g/mol. The minimum atomic E-state index is -0.136. The Morgan fingerprint density at radius 1 is 1.00 bits per heavy atom. The Balaban J connectivity index is 1.55. The molecule has 0 aromatic carbocycles. The summed E-state index contributed by atoms with van der Waals surface area (Å²) in [4.78, 5) is 11.9. The standard InChI is InChI=1S/C32H50O3/c1-20(2)22-11-16-32(19-33)18-17-30(7)23(27(22)32)9-10-25-29(6)14-13-26(35-21(3)34)28(4,5)24(29)12-15-31(25,30)8/h9,22,24-27,33H,1,10-19H2,2-8H3/t22-,24-,25+,26-,27-,29-,30+,31+,32+/m0/s1. The van der Waals surface area contributed by atoms with Crippen LogP contribution in [0.4, 0.5) is 0 Å². The van der Waals surface area contributed by atoms with Crippen molar-refractivity contribution in [3.05, 3.63) is 23.8 Å². The molecule has 3 heteroatoms. The molecule has 0 amide bonds. The lowest BCUT2D eigenvalue weighted by molar-refractivity contribution is -0.211. The lowest BCUT2D eigenvalue weighted by atomic mass is 9.34. The minimum absolute atomic E-state index is 0.00000338. The molecule has 0 aromatic heterocycles. The molecular weight excluding hydrogens is 432 g/mol. The van der Waals surface area contributed by atoms with Crippen LogP contribution < -0.4 is 0 Å². The van der Waals surface area contributed by atoms with Gasteiger partial charge in [-0.25, -0.2) is 0 Å². The van der Waals surface area contributed by atoms with Crippen molar-refractivity contribution in [2.24, 2.45) is 50.7 Å². The summed E-state index contributed by atoms with van der Waals surface area (Å²) < 4.78 is 5.89. The molecule has 0 heterocycles. The molecule has 0 radical (unpaired) electrons. The second-order valence-electron chi connectivity index (χ2n) is 14.7. The van der Waals surface area contributed by atoms with Crippen LogP contribution in [-0.2, 0) is 9.53 Å². The van der Waals surface area contributed by atoms with Crippen LogP contribution in [0, 0.1) is 50.7 Å². The molecule has 9 atom stereocenters. The Bertz CT molecular complexity index is 946. The SMILES string of the molecule is C=C(C)[C@@H]1CC[C@]2(CO)CC[C@]3(C)C(=CC[C@@H]4[C@@]5(C)CC[C@H](OC(C)=O)C(C)(C)[C@@H]5CC[C@]43C)[C@H]12. The van der Waals surface area contributed by atoms with Gasteiger partial charge in [-0.15, -0.1) is 0 Å². The first-order chi connectivity index (χ1) is 16.3. The number of hydrogen-bond acceptors (Lipinski definition) is 3. The quantitative estimate of drug-likeness (QED) is 0.335. The van der Waals surface area contributed by atoms with Crippen LogP contribution in [0.3, 0.4) is 0 Å². The predicted octanol–water partition coefficient (Wildman–Crippen LogP) is 7.49. The topological polar surface area (TPSA) is 46.5 Å². The number of carbonyl (C=O) groups is 1. The molecule has 1 N–H and O–H groups in total. The number of aliphatic hydroxyl groups excluding tert-OH is 1. The van der Waals surface area contributed by atoms with E-state index in [-0.39, 0.29) is 39.1 Å². The third-order valence-electron chi connectivity index (χ3n) is 13.2. The molecule has 5 aliphatic rings. The van der Waals surface area contributed by atoms with Crippen molar-refractivity contribution >= 4 is 5.97 Å². The molecule has 0 bridgehead atoms. The van der Waals surface area contributed by atoms with E-state index in [9.17, 15) is 9.90 Å². The van der Waals surface area contributed by atoms with Gasteiger partial charge in [0.05, 0.1) is 0 Å². The second-order valence-corrected chi connectivity index (χ2v) is 14.7. The summed E-state index contributed by atoms with van der Waals surface area (Å²) in [7, 11) is 0. The number of rotatable bonds is 3. The third kappa shape index (κ3) is 3.21. The van der Waals surface area contributed by atoms with Gasteiger partial charge >= 0.3 is 5.97 Å². The van der Waals surface area contributed by atoms with Crippen LogP contribution in [-0.4, -0.2) is 23.8 Å². The summed E-state index contributed by atoms with van der Waals surface area (Å²) in [6.45, 7) is 21.1. The molecule has 0 spiro atoms. The van der Waals surface area contributed by atoms with Crippen LogP contribution in [0.15, 0.2) is 23.8 Å². The maximum Gasteiger partial charge on any atom is 0.302 e. The third-order valence-corrected chi connectivity index (χ3v) is 13.2. The maximum atomic E-state index is 11.9. The van der Waals surface area contributed by atoms with Gasteiger partial charge < -0.3 is 9.84 Å². The smallest absolute Gasteiger partial charge is 0.302 e. The van der Waals surface area contributed by atoms with Gasteiger partial charge in [0.2, 0.25) is 0 Å². The van der Waals surface area contributed by atoms with Gasteiger partial charge in [-0.1, -0.05) is 58.4 Å². The molecule has 35 heavy (non-hydrogen) atoms. The Hall–Kier alpha value is -1.09. The molecule has 4 fully saturated rings. The highest BCUT2D eigenvalue weighted by Crippen LogP contribution is 2.76. The van der Waals surface area contributed by atoms with E-state index in [1.807, 2.05) is 0 Å². The molecule has 0 unspecified atom stereocenters. The highest BCUT2D eigenvalue weighted by molar-refractivity contribution is 5.66. The van der Waals surface area contributed by atoms with Crippen molar-refractivity contribution in [3.8, 4) is 0 Å². The molecular formula is C32H50O3. The summed E-state index contributed by atoms with van der Waals surface area (Å²) in [6.07, 6.45) is 13.1. The van der Waals surface area contributed by atoms with Crippen molar-refractivity contribution in [3.63, 3.8) is 0 Å². The number of esters is 1. The van der Waals surface area contributed by atoms with E-state index in [0.29, 0.717) is 30.3 Å². The van der Waals surface area contributed by atoms with Gasteiger partial charge in [-0.2, -0.15) is 0 Å². The van der Waals surface area contributed by atoms with Crippen LogP contribution in [0.2, 0.25) is 0 Å². The molecule has 3 nitrogen and oxygen atoms in total. The first-order valence-corrected chi connectivity index (χ1v) is 14.4. The Labute approximate surface area is 214 Å². The Morgan fingerprint density at radius 3 is 2.34 bits per heavy atom. The number of ether oxygens (including phenoxy) is 1. The summed E-state index contributed by atoms with van der Waals surface area (Å²) >= 11 is 0. The van der Waals surface area contributed by atoms with Crippen molar-refractivity contribution in [1.29, 1.82) is 0 Å². The number of fused-ring (bicyclic) bond motifs is 7. The van der Waals surface area contributed by atoms with E-state index in [0.717, 1.165) is 32.1 Å². The van der Waals surface area contributed by atoms with Gasteiger partial charge in [0.1, 0.15) is 6.10 Å². The van der Waals surface area contributed by atoms with E-state index in [1.165, 1.54) is 31.3 Å². The molecule has 0 saturated heterocycles. The van der Waals surface area contributed by atoms with Gasteiger partial charge in [-0.05, 0) is 105 Å². The van der Waals surface area contributed by atoms with Crippen LogP contribution in [0.5, 0.6) is 0 Å². The predicted molar refractivity (Wildman–Crippen MR) is 142 cm³/mol. The molecule has 4 saturated carbocycles. The van der Waals surface area contributed by atoms with E-state index in [2.05, 4.69) is 54.2 Å². The van der Waals surface area contributed by atoms with Crippen molar-refractivity contribution in [2.75, 3.05) is 6.61 Å². The molecule has 0 aliphatic heterocycles. The van der Waals surface area contributed by atoms with E-state index in [4.69, 9.17) is 4.74 Å². The fraction of sp³-hybridized carbons (Fsp3) is 0.844. The van der Waals surface area contributed by atoms with Crippen molar-refractivity contribution < 1.29 is 14.6 Å². The zero-order valence-corrected chi connectivity index (χ0v) is 23.5. The fourth-order valence-corrected chi connectivity index (χ4v) is 11.1. The minimum Gasteiger partial charge on any atom is -0.462 e. The number of allylic oxidation sites excluding steroid dienone is 3. The first kappa shape index (κ1) is 25.6. The lowest BCUT2D eigenvalue weighted by Crippen LogP contribution is -2.64. The van der Waals surface area contributed by atoms with Gasteiger partial charge in [0, 0.05) is 24.4 Å². The average molecular weight is 483 g/mol. The molecule has 5 rings (SSSR count). The fourth-order valence-electron chi connectivity index (χ4n) is 11.1. The van der Waals surface area contributed by atoms with E-state index >= 15 is 0 Å². The number of hydrogen-bond donors (Lipinski definition) is 1. The van der Waals surface area contributed by atoms with Crippen LogP contribution >= 0.6 is 0 Å².